The number of hydrogen-bond acceptors (Lipinski definition) is 5. The summed E-state index contributed by atoms with van der Waals surface area (Å²) in [6.07, 6.45) is 0. The number of nitrogens with one attached hydrogen (secondary N) is 1. The molecule has 0 aliphatic carbocycles. The lowest BCUT2D eigenvalue weighted by Gasteiger charge is -2.07. The van der Waals surface area contributed by atoms with Gasteiger partial charge in [0.25, 0.3) is 5.91 Å². The number of hydrogen-bond donors (Lipinski definition) is 2. The maximum Gasteiger partial charge on any atom is 0.349 e. The van der Waals surface area contributed by atoms with Crippen molar-refractivity contribution < 1.29 is 19.4 Å². The van der Waals surface area contributed by atoms with E-state index in [0.717, 1.165) is 11.3 Å². The summed E-state index contributed by atoms with van der Waals surface area (Å²) in [5, 5.41) is 21.8. The van der Waals surface area contributed by atoms with Gasteiger partial charge in [-0.05, 0) is 29.6 Å². The third kappa shape index (κ3) is 3.81. The van der Waals surface area contributed by atoms with Crippen molar-refractivity contribution in [1.29, 1.82) is 5.26 Å². The van der Waals surface area contributed by atoms with Gasteiger partial charge >= 0.3 is 5.97 Å². The second kappa shape index (κ2) is 6.54. The first-order chi connectivity index (χ1) is 10.1. The van der Waals surface area contributed by atoms with Crippen molar-refractivity contribution in [2.24, 2.45) is 0 Å². The van der Waals surface area contributed by atoms with Crippen LogP contribution in [0.1, 0.15) is 15.2 Å². The predicted octanol–water partition coefficient (Wildman–Crippen LogP) is 2.34. The summed E-state index contributed by atoms with van der Waals surface area (Å²) in [5.74, 6) is -1.37. The molecule has 0 atom stereocenters. The Morgan fingerprint density at radius 3 is 2.90 bits per heavy atom. The van der Waals surface area contributed by atoms with Crippen LogP contribution in [0, 0.1) is 11.3 Å². The molecule has 21 heavy (non-hydrogen) atoms. The van der Waals surface area contributed by atoms with Crippen molar-refractivity contribution >= 4 is 28.9 Å². The van der Waals surface area contributed by atoms with Gasteiger partial charge < -0.3 is 15.2 Å². The van der Waals surface area contributed by atoms with Gasteiger partial charge in [0, 0.05) is 5.69 Å². The third-order valence-electron chi connectivity index (χ3n) is 2.46. The minimum Gasteiger partial charge on any atom is -0.482 e. The number of nitriles is 1. The molecule has 2 rings (SSSR count). The lowest BCUT2D eigenvalue weighted by molar-refractivity contribution is -0.118. The largest absolute Gasteiger partial charge is 0.482 e. The summed E-state index contributed by atoms with van der Waals surface area (Å²) in [5.41, 5.74) is 0.908. The van der Waals surface area contributed by atoms with Crippen molar-refractivity contribution in [2.45, 2.75) is 0 Å². The maximum atomic E-state index is 11.7. The summed E-state index contributed by atoms with van der Waals surface area (Å²) in [6.45, 7) is -0.312. The number of carbonyl (C=O) groups is 2. The number of carboxylic acid groups (broad SMARTS) is 1. The molecule has 0 bridgehead atoms. The maximum absolute atomic E-state index is 11.7. The summed E-state index contributed by atoms with van der Waals surface area (Å²) in [6, 6.07) is 9.91. The number of nitrogens with zero attached hydrogens (tertiary/aromatic N) is 1. The Bertz CT molecular complexity index is 718. The zero-order valence-electron chi connectivity index (χ0n) is 10.7. The van der Waals surface area contributed by atoms with E-state index in [4.69, 9.17) is 15.1 Å². The summed E-state index contributed by atoms with van der Waals surface area (Å²) in [4.78, 5) is 22.7. The van der Waals surface area contributed by atoms with Crippen molar-refractivity contribution in [2.75, 3.05) is 11.9 Å². The van der Waals surface area contributed by atoms with Gasteiger partial charge in [-0.3, -0.25) is 4.79 Å². The smallest absolute Gasteiger partial charge is 0.349 e. The van der Waals surface area contributed by atoms with Crippen molar-refractivity contribution in [3.05, 3.63) is 46.2 Å². The predicted molar refractivity (Wildman–Crippen MR) is 76.6 cm³/mol. The number of benzene rings is 1. The molecule has 1 heterocycles. The Hall–Kier alpha value is -2.85. The zero-order chi connectivity index (χ0) is 15.2. The van der Waals surface area contributed by atoms with Gasteiger partial charge in [0.15, 0.2) is 11.5 Å². The Kier molecular flexibility index (Phi) is 4.53. The first-order valence-electron chi connectivity index (χ1n) is 5.84. The summed E-state index contributed by atoms with van der Waals surface area (Å²) in [7, 11) is 0. The van der Waals surface area contributed by atoms with Crippen LogP contribution in [0.4, 0.5) is 5.69 Å². The number of rotatable bonds is 5. The van der Waals surface area contributed by atoms with Crippen LogP contribution in [0.2, 0.25) is 0 Å². The number of thiophene rings is 1. The normalized spacial score (nSPS) is 9.67. The summed E-state index contributed by atoms with van der Waals surface area (Å²) < 4.78 is 5.18. The van der Waals surface area contributed by atoms with E-state index in [2.05, 4.69) is 5.32 Å². The number of anilines is 1. The number of aromatic carboxylic acids is 1. The zero-order valence-corrected chi connectivity index (χ0v) is 11.5. The highest BCUT2D eigenvalue weighted by molar-refractivity contribution is 7.12. The fraction of sp³-hybridized carbons (Fsp3) is 0.0714. The van der Waals surface area contributed by atoms with E-state index in [0.29, 0.717) is 11.3 Å². The van der Waals surface area contributed by atoms with Crippen LogP contribution in [0.5, 0.6) is 5.75 Å². The van der Waals surface area contributed by atoms with Crippen LogP contribution in [0.25, 0.3) is 0 Å². The van der Waals surface area contributed by atoms with E-state index in [9.17, 15) is 9.59 Å². The molecule has 0 saturated carbocycles. The molecular weight excluding hydrogens is 292 g/mol. The third-order valence-corrected chi connectivity index (χ3v) is 3.34. The molecule has 2 N–H and O–H groups in total. The molecule has 0 radical (unpaired) electrons. The standard InChI is InChI=1S/C14H10N2O4S/c15-7-9-2-1-3-10(6-9)16-12(17)8-20-11-4-5-21-13(11)14(18)19/h1-6H,8H2,(H,16,17)(H,18,19). The van der Waals surface area contributed by atoms with Crippen LogP contribution in [-0.2, 0) is 4.79 Å². The van der Waals surface area contributed by atoms with E-state index in [1.54, 1.807) is 23.6 Å². The SMILES string of the molecule is N#Cc1cccc(NC(=O)COc2ccsc2C(=O)O)c1. The van der Waals surface area contributed by atoms with Gasteiger partial charge in [0.1, 0.15) is 5.75 Å². The van der Waals surface area contributed by atoms with Crippen LogP contribution in [0.15, 0.2) is 35.7 Å². The Labute approximate surface area is 124 Å². The highest BCUT2D eigenvalue weighted by Gasteiger charge is 2.14. The van der Waals surface area contributed by atoms with Gasteiger partial charge in [-0.2, -0.15) is 5.26 Å². The highest BCUT2D eigenvalue weighted by atomic mass is 32.1. The molecule has 1 aromatic carbocycles. The molecule has 0 aliphatic rings. The topological polar surface area (TPSA) is 99.4 Å². The minimum absolute atomic E-state index is 0.0503. The monoisotopic (exact) mass is 302 g/mol. The molecule has 0 saturated heterocycles. The molecule has 2 aromatic rings. The van der Waals surface area contributed by atoms with Crippen molar-refractivity contribution in [1.82, 2.24) is 0 Å². The van der Waals surface area contributed by atoms with E-state index in [1.165, 1.54) is 12.1 Å². The van der Waals surface area contributed by atoms with Crippen LogP contribution in [0.3, 0.4) is 0 Å². The van der Waals surface area contributed by atoms with Gasteiger partial charge in [0.05, 0.1) is 11.6 Å². The molecule has 0 aliphatic heterocycles. The molecule has 0 unspecified atom stereocenters. The fourth-order valence-electron chi connectivity index (χ4n) is 1.57. The molecule has 0 spiro atoms. The van der Waals surface area contributed by atoms with Crippen LogP contribution < -0.4 is 10.1 Å². The second-order valence-electron chi connectivity index (χ2n) is 3.95. The number of amides is 1. The van der Waals surface area contributed by atoms with E-state index >= 15 is 0 Å². The Balaban J connectivity index is 1.94. The molecule has 7 heteroatoms. The van der Waals surface area contributed by atoms with E-state index < -0.39 is 11.9 Å². The molecule has 1 amide bonds. The van der Waals surface area contributed by atoms with Gasteiger partial charge in [0.2, 0.25) is 0 Å². The lowest BCUT2D eigenvalue weighted by atomic mass is 10.2. The average Bonchev–Trinajstić information content (AvgIpc) is 2.94. The fourth-order valence-corrected chi connectivity index (χ4v) is 2.25. The average molecular weight is 302 g/mol. The molecular formula is C14H10N2O4S. The molecule has 106 valence electrons. The Morgan fingerprint density at radius 2 is 2.19 bits per heavy atom. The van der Waals surface area contributed by atoms with Crippen LogP contribution >= 0.6 is 11.3 Å². The van der Waals surface area contributed by atoms with Gasteiger partial charge in [-0.1, -0.05) is 6.07 Å². The van der Waals surface area contributed by atoms with Crippen molar-refractivity contribution in [3.8, 4) is 11.8 Å². The van der Waals surface area contributed by atoms with E-state index in [-0.39, 0.29) is 17.2 Å². The van der Waals surface area contributed by atoms with Gasteiger partial charge in [-0.15, -0.1) is 11.3 Å². The first kappa shape index (κ1) is 14.6. The second-order valence-corrected chi connectivity index (χ2v) is 4.86. The molecule has 1 aromatic heterocycles. The van der Waals surface area contributed by atoms with Gasteiger partial charge in [-0.25, -0.2) is 4.79 Å². The minimum atomic E-state index is -1.10. The Morgan fingerprint density at radius 1 is 1.38 bits per heavy atom. The lowest BCUT2D eigenvalue weighted by Crippen LogP contribution is -2.20. The quantitative estimate of drug-likeness (QED) is 0.883. The van der Waals surface area contributed by atoms with Crippen LogP contribution in [-0.4, -0.2) is 23.6 Å². The molecule has 0 fully saturated rings. The molecule has 6 nitrogen and oxygen atoms in total. The summed E-state index contributed by atoms with van der Waals surface area (Å²) >= 11 is 1.03. The number of carboxylic acids is 1. The number of carbonyl (C=O) groups excluding carboxylic acids is 1. The van der Waals surface area contributed by atoms with E-state index in [1.807, 2.05) is 6.07 Å². The first-order valence-corrected chi connectivity index (χ1v) is 6.71. The van der Waals surface area contributed by atoms with Crippen molar-refractivity contribution in [3.63, 3.8) is 0 Å². The highest BCUT2D eigenvalue weighted by Crippen LogP contribution is 2.24. The number of ether oxygens (including phenoxy) is 1.